The van der Waals surface area contributed by atoms with Crippen molar-refractivity contribution in [1.29, 1.82) is 0 Å². The summed E-state index contributed by atoms with van der Waals surface area (Å²) in [5.41, 5.74) is 7.70. The number of ketones is 1. The fraction of sp³-hybridized carbons (Fsp3) is 0.158. The van der Waals surface area contributed by atoms with E-state index in [0.717, 1.165) is 0 Å². The molecule has 0 radical (unpaired) electrons. The van der Waals surface area contributed by atoms with Crippen LogP contribution in [0.25, 0.3) is 5.70 Å². The maximum Gasteiger partial charge on any atom is 0.174 e. The molecule has 5 nitrogen and oxygen atoms in total. The number of halogens is 1. The predicted octanol–water partition coefficient (Wildman–Crippen LogP) is 2.87. The first-order chi connectivity index (χ1) is 12.1. The Morgan fingerprint density at radius 2 is 2.08 bits per heavy atom. The maximum absolute atomic E-state index is 13.0. The highest BCUT2D eigenvalue weighted by atomic mass is 35.5. The molecule has 3 rings (SSSR count). The second-order valence-electron chi connectivity index (χ2n) is 5.66. The molecule has 2 unspecified atom stereocenters. The number of aromatic nitrogens is 1. The number of hydrogen-bond acceptors (Lipinski definition) is 5. The molecule has 25 heavy (non-hydrogen) atoms. The summed E-state index contributed by atoms with van der Waals surface area (Å²) in [4.78, 5) is 17.0. The monoisotopic (exact) mass is 356 g/mol. The Labute approximate surface area is 150 Å². The molecule has 0 bridgehead atoms. The number of pyridine rings is 1. The minimum Gasteiger partial charge on any atom is -0.500 e. The molecule has 0 aliphatic carbocycles. The third-order valence-electron chi connectivity index (χ3n) is 4.00. The fourth-order valence-corrected chi connectivity index (χ4v) is 2.76. The smallest absolute Gasteiger partial charge is 0.174 e. The van der Waals surface area contributed by atoms with Crippen molar-refractivity contribution in [1.82, 2.24) is 4.98 Å². The van der Waals surface area contributed by atoms with E-state index in [1.165, 1.54) is 12.5 Å². The van der Waals surface area contributed by atoms with Gasteiger partial charge in [0.1, 0.15) is 12.7 Å². The third-order valence-corrected chi connectivity index (χ3v) is 4.26. The van der Waals surface area contributed by atoms with Gasteiger partial charge < -0.3 is 15.6 Å². The highest BCUT2D eigenvalue weighted by Gasteiger charge is 2.30. The Bertz CT molecular complexity index is 816. The van der Waals surface area contributed by atoms with Crippen molar-refractivity contribution in [3.05, 3.63) is 82.9 Å². The number of carbonyl (C=O) groups excluding carboxylic acids is 1. The van der Waals surface area contributed by atoms with Crippen LogP contribution in [-0.4, -0.2) is 22.5 Å². The molecule has 2 aromatic rings. The Morgan fingerprint density at radius 1 is 1.32 bits per heavy atom. The van der Waals surface area contributed by atoms with Crippen molar-refractivity contribution in [2.45, 2.75) is 6.10 Å². The SMILES string of the molecule is NC(=C(C(=O)C1C=COC1)C(O)c1cccnc1)c1ccc(Cl)cc1. The van der Waals surface area contributed by atoms with Gasteiger partial charge in [0.05, 0.1) is 17.8 Å². The van der Waals surface area contributed by atoms with Gasteiger partial charge in [-0.25, -0.2) is 0 Å². The number of benzene rings is 1. The van der Waals surface area contributed by atoms with E-state index in [2.05, 4.69) is 4.98 Å². The fourth-order valence-electron chi connectivity index (χ4n) is 2.63. The van der Waals surface area contributed by atoms with Crippen LogP contribution in [0.2, 0.25) is 5.02 Å². The number of ether oxygens (including phenoxy) is 1. The number of Topliss-reactive ketones (excluding diaryl/α,β-unsaturated/α-hetero) is 1. The molecule has 0 amide bonds. The van der Waals surface area contributed by atoms with E-state index in [-0.39, 0.29) is 23.7 Å². The van der Waals surface area contributed by atoms with Gasteiger partial charge in [0.25, 0.3) is 0 Å². The van der Waals surface area contributed by atoms with E-state index in [9.17, 15) is 9.90 Å². The molecular weight excluding hydrogens is 340 g/mol. The van der Waals surface area contributed by atoms with Gasteiger partial charge in [-0.1, -0.05) is 29.8 Å². The Morgan fingerprint density at radius 3 is 2.68 bits per heavy atom. The lowest BCUT2D eigenvalue weighted by molar-refractivity contribution is -0.119. The van der Waals surface area contributed by atoms with Crippen molar-refractivity contribution in [2.75, 3.05) is 6.61 Å². The summed E-state index contributed by atoms with van der Waals surface area (Å²) < 4.78 is 5.14. The lowest BCUT2D eigenvalue weighted by Gasteiger charge is -2.19. The van der Waals surface area contributed by atoms with Gasteiger partial charge in [-0.15, -0.1) is 0 Å². The van der Waals surface area contributed by atoms with Gasteiger partial charge in [0.15, 0.2) is 5.78 Å². The van der Waals surface area contributed by atoms with Crippen LogP contribution in [0.4, 0.5) is 0 Å². The second kappa shape index (κ2) is 7.51. The molecule has 128 valence electrons. The largest absolute Gasteiger partial charge is 0.500 e. The molecule has 2 heterocycles. The van der Waals surface area contributed by atoms with Crippen LogP contribution < -0.4 is 5.73 Å². The summed E-state index contributed by atoms with van der Waals surface area (Å²) in [6, 6.07) is 10.2. The molecule has 1 aliphatic heterocycles. The van der Waals surface area contributed by atoms with Gasteiger partial charge in [0.2, 0.25) is 0 Å². The molecule has 0 fully saturated rings. The van der Waals surface area contributed by atoms with Crippen LogP contribution in [0, 0.1) is 5.92 Å². The number of carbonyl (C=O) groups is 1. The maximum atomic E-state index is 13.0. The van der Waals surface area contributed by atoms with Crippen LogP contribution in [0.5, 0.6) is 0 Å². The molecule has 6 heteroatoms. The van der Waals surface area contributed by atoms with Crippen LogP contribution in [0.1, 0.15) is 17.2 Å². The third kappa shape index (κ3) is 3.73. The van der Waals surface area contributed by atoms with Crippen LogP contribution in [-0.2, 0) is 9.53 Å². The van der Waals surface area contributed by atoms with Crippen LogP contribution >= 0.6 is 11.6 Å². The van der Waals surface area contributed by atoms with Crippen molar-refractivity contribution < 1.29 is 14.6 Å². The van der Waals surface area contributed by atoms with Crippen LogP contribution in [0.15, 0.2) is 66.7 Å². The Hall–Kier alpha value is -2.63. The summed E-state index contributed by atoms with van der Waals surface area (Å²) in [7, 11) is 0. The van der Waals surface area contributed by atoms with Crippen LogP contribution in [0.3, 0.4) is 0 Å². The normalized spacial score (nSPS) is 18.4. The summed E-state index contributed by atoms with van der Waals surface area (Å²) in [6.07, 6.45) is 5.06. The molecule has 0 saturated heterocycles. The van der Waals surface area contributed by atoms with Gasteiger partial charge in [0, 0.05) is 28.7 Å². The average molecular weight is 357 g/mol. The highest BCUT2D eigenvalue weighted by molar-refractivity contribution is 6.30. The van der Waals surface area contributed by atoms with Crippen molar-refractivity contribution in [3.8, 4) is 0 Å². The molecule has 1 aromatic carbocycles. The highest BCUT2D eigenvalue weighted by Crippen LogP contribution is 2.30. The number of nitrogens with zero attached hydrogens (tertiary/aromatic N) is 1. The van der Waals surface area contributed by atoms with E-state index in [4.69, 9.17) is 22.1 Å². The Kier molecular flexibility index (Phi) is 5.16. The summed E-state index contributed by atoms with van der Waals surface area (Å²) in [5, 5.41) is 11.4. The molecule has 0 saturated carbocycles. The minimum atomic E-state index is -1.19. The number of rotatable bonds is 5. The molecular formula is C19H17ClN2O3. The van der Waals surface area contributed by atoms with E-state index in [1.807, 2.05) is 0 Å². The van der Waals surface area contributed by atoms with Gasteiger partial charge in [-0.3, -0.25) is 9.78 Å². The van der Waals surface area contributed by atoms with E-state index in [1.54, 1.807) is 48.7 Å². The molecule has 1 aliphatic rings. The number of aliphatic hydroxyl groups is 1. The quantitative estimate of drug-likeness (QED) is 0.804. The first-order valence-corrected chi connectivity index (χ1v) is 8.12. The zero-order chi connectivity index (χ0) is 17.8. The molecule has 2 atom stereocenters. The van der Waals surface area contributed by atoms with Gasteiger partial charge in [-0.05, 0) is 29.8 Å². The topological polar surface area (TPSA) is 85.4 Å². The number of aliphatic hydroxyl groups excluding tert-OH is 1. The molecule has 1 aromatic heterocycles. The van der Waals surface area contributed by atoms with E-state index >= 15 is 0 Å². The number of nitrogens with two attached hydrogens (primary N) is 1. The summed E-state index contributed by atoms with van der Waals surface area (Å²) >= 11 is 5.91. The van der Waals surface area contributed by atoms with E-state index < -0.39 is 12.0 Å². The van der Waals surface area contributed by atoms with Gasteiger partial charge >= 0.3 is 0 Å². The summed E-state index contributed by atoms with van der Waals surface area (Å²) in [6.45, 7) is 0.232. The van der Waals surface area contributed by atoms with E-state index in [0.29, 0.717) is 16.1 Å². The molecule has 3 N–H and O–H groups in total. The number of hydrogen-bond donors (Lipinski definition) is 2. The standard InChI is InChI=1S/C19H17ClN2O3/c20-15-5-3-12(4-6-15)17(21)16(19(24)14-7-9-25-11-14)18(23)13-2-1-8-22-10-13/h1-10,14,18,23H,11,21H2. The van der Waals surface area contributed by atoms with Crippen molar-refractivity contribution in [3.63, 3.8) is 0 Å². The first kappa shape index (κ1) is 17.2. The van der Waals surface area contributed by atoms with Gasteiger partial charge in [-0.2, -0.15) is 0 Å². The first-order valence-electron chi connectivity index (χ1n) is 7.74. The average Bonchev–Trinajstić information content (AvgIpc) is 3.17. The lowest BCUT2D eigenvalue weighted by Crippen LogP contribution is -2.24. The Balaban J connectivity index is 2.07. The zero-order valence-electron chi connectivity index (χ0n) is 13.3. The summed E-state index contributed by atoms with van der Waals surface area (Å²) in [5.74, 6) is -0.760. The lowest BCUT2D eigenvalue weighted by atomic mass is 9.89. The second-order valence-corrected chi connectivity index (χ2v) is 6.09. The van der Waals surface area contributed by atoms with Crippen molar-refractivity contribution in [2.24, 2.45) is 11.7 Å². The van der Waals surface area contributed by atoms with Crippen molar-refractivity contribution >= 4 is 23.1 Å². The minimum absolute atomic E-state index is 0.121. The zero-order valence-corrected chi connectivity index (χ0v) is 14.1. The molecule has 0 spiro atoms. The predicted molar refractivity (Wildman–Crippen MR) is 95.3 cm³/mol.